The van der Waals surface area contributed by atoms with Crippen molar-refractivity contribution >= 4 is 23.2 Å². The minimum Gasteiger partial charge on any atom is -0.204 e. The van der Waals surface area contributed by atoms with E-state index in [9.17, 15) is 8.78 Å². The van der Waals surface area contributed by atoms with Crippen LogP contribution >= 0.6 is 23.2 Å². The van der Waals surface area contributed by atoms with E-state index in [1.54, 1.807) is 6.92 Å². The van der Waals surface area contributed by atoms with Crippen LogP contribution < -0.4 is 0 Å². The summed E-state index contributed by atoms with van der Waals surface area (Å²) in [5.41, 5.74) is 0. The van der Waals surface area contributed by atoms with Crippen LogP contribution in [0.1, 0.15) is 13.3 Å². The third kappa shape index (κ3) is 3.01. The fourth-order valence-electron chi connectivity index (χ4n) is 0.287. The molecule has 0 aliphatic heterocycles. The number of hydrogen-bond donors (Lipinski definition) is 0. The Morgan fingerprint density at radius 3 is 2.00 bits per heavy atom. The summed E-state index contributed by atoms with van der Waals surface area (Å²) in [6, 6.07) is 0. The van der Waals surface area contributed by atoms with Crippen molar-refractivity contribution in [2.75, 3.05) is 0 Å². The average Bonchev–Trinajstić information content (AvgIpc) is 1.84. The van der Waals surface area contributed by atoms with Gasteiger partial charge in [0.05, 0.1) is 5.03 Å². The van der Waals surface area contributed by atoms with Crippen LogP contribution in [-0.4, -0.2) is 6.43 Å². The van der Waals surface area contributed by atoms with E-state index in [0.717, 1.165) is 0 Å². The zero-order valence-electron chi connectivity index (χ0n) is 4.80. The first-order chi connectivity index (χ1) is 4.09. The van der Waals surface area contributed by atoms with Crippen LogP contribution in [-0.2, 0) is 0 Å². The van der Waals surface area contributed by atoms with Crippen molar-refractivity contribution in [2.45, 2.75) is 19.8 Å². The van der Waals surface area contributed by atoms with Crippen LogP contribution in [0.25, 0.3) is 0 Å². The summed E-state index contributed by atoms with van der Waals surface area (Å²) < 4.78 is 23.2. The molecule has 0 rings (SSSR count). The highest BCUT2D eigenvalue weighted by molar-refractivity contribution is 6.39. The van der Waals surface area contributed by atoms with Gasteiger partial charge in [0.15, 0.2) is 0 Å². The molecule has 0 aliphatic carbocycles. The van der Waals surface area contributed by atoms with Gasteiger partial charge >= 0.3 is 0 Å². The highest BCUT2D eigenvalue weighted by Crippen LogP contribution is 2.22. The Hall–Kier alpha value is 0.180. The molecule has 0 nitrogen and oxygen atoms in total. The molecule has 0 heterocycles. The van der Waals surface area contributed by atoms with E-state index in [1.807, 2.05) is 0 Å². The van der Waals surface area contributed by atoms with E-state index >= 15 is 0 Å². The molecule has 0 radical (unpaired) electrons. The Morgan fingerprint density at radius 1 is 1.44 bits per heavy atom. The van der Waals surface area contributed by atoms with Crippen LogP contribution in [0.3, 0.4) is 0 Å². The average molecular weight is 175 g/mol. The molecule has 0 saturated carbocycles. The van der Waals surface area contributed by atoms with E-state index in [2.05, 4.69) is 0 Å². The summed E-state index contributed by atoms with van der Waals surface area (Å²) in [6.45, 7) is 1.66. The molecule has 9 heavy (non-hydrogen) atoms. The molecule has 0 atom stereocenters. The lowest BCUT2D eigenvalue weighted by Gasteiger charge is -1.97. The first-order valence-electron chi connectivity index (χ1n) is 2.41. The van der Waals surface area contributed by atoms with Crippen LogP contribution in [0.2, 0.25) is 0 Å². The smallest absolute Gasteiger partial charge is 0.204 e. The first kappa shape index (κ1) is 9.18. The van der Waals surface area contributed by atoms with Crippen LogP contribution in [0, 0.1) is 0 Å². The van der Waals surface area contributed by atoms with E-state index in [-0.39, 0.29) is 5.03 Å². The molecule has 0 aromatic rings. The van der Waals surface area contributed by atoms with Crippen molar-refractivity contribution in [1.82, 2.24) is 0 Å². The van der Waals surface area contributed by atoms with Crippen LogP contribution in [0.5, 0.6) is 0 Å². The van der Waals surface area contributed by atoms with Crippen molar-refractivity contribution in [1.29, 1.82) is 0 Å². The van der Waals surface area contributed by atoms with Gasteiger partial charge in [0, 0.05) is 5.03 Å². The molecule has 0 spiro atoms. The summed E-state index contributed by atoms with van der Waals surface area (Å²) in [4.78, 5) is 0. The predicted octanol–water partition coefficient (Wildman–Crippen LogP) is 3.35. The Kier molecular flexibility index (Phi) is 4.15. The van der Waals surface area contributed by atoms with Crippen molar-refractivity contribution in [3.05, 3.63) is 10.1 Å². The van der Waals surface area contributed by atoms with Gasteiger partial charge in [0.25, 0.3) is 6.43 Å². The van der Waals surface area contributed by atoms with Gasteiger partial charge in [0.1, 0.15) is 0 Å². The highest BCUT2D eigenvalue weighted by atomic mass is 35.5. The molecule has 0 amide bonds. The normalized spacial score (nSPS) is 14.0. The molecule has 0 aromatic heterocycles. The molecule has 0 aliphatic rings. The number of hydrogen-bond acceptors (Lipinski definition) is 0. The van der Waals surface area contributed by atoms with Gasteiger partial charge in [-0.05, 0) is 6.42 Å². The maximum Gasteiger partial charge on any atom is 0.275 e. The van der Waals surface area contributed by atoms with E-state index in [1.165, 1.54) is 0 Å². The van der Waals surface area contributed by atoms with Gasteiger partial charge in [-0.15, -0.1) is 0 Å². The Balaban J connectivity index is 4.10. The quantitative estimate of drug-likeness (QED) is 0.603. The predicted molar refractivity (Wildman–Crippen MR) is 35.0 cm³/mol. The van der Waals surface area contributed by atoms with Crippen molar-refractivity contribution < 1.29 is 8.78 Å². The standard InChI is InChI=1S/C5H6Cl2F2/c1-2-3(6)4(7)5(8)9/h5H,2H2,1H3. The van der Waals surface area contributed by atoms with Gasteiger partial charge in [0.2, 0.25) is 0 Å². The summed E-state index contributed by atoms with van der Waals surface area (Å²) in [5.74, 6) is 0. The zero-order valence-corrected chi connectivity index (χ0v) is 6.31. The third-order valence-electron chi connectivity index (χ3n) is 0.761. The highest BCUT2D eigenvalue weighted by Gasteiger charge is 2.10. The lowest BCUT2D eigenvalue weighted by Crippen LogP contribution is -1.90. The molecule has 0 unspecified atom stereocenters. The van der Waals surface area contributed by atoms with E-state index < -0.39 is 11.5 Å². The Labute approximate surface area is 62.4 Å². The van der Waals surface area contributed by atoms with Crippen molar-refractivity contribution in [3.63, 3.8) is 0 Å². The molecule has 0 bridgehead atoms. The molecule has 4 heteroatoms. The van der Waals surface area contributed by atoms with Crippen molar-refractivity contribution in [3.8, 4) is 0 Å². The lowest BCUT2D eigenvalue weighted by molar-refractivity contribution is 0.198. The number of rotatable bonds is 2. The van der Waals surface area contributed by atoms with Gasteiger partial charge in [-0.1, -0.05) is 30.1 Å². The second kappa shape index (κ2) is 4.07. The summed E-state index contributed by atoms with van der Waals surface area (Å²) >= 11 is 10.3. The second-order valence-corrected chi connectivity index (χ2v) is 2.27. The fraction of sp³-hybridized carbons (Fsp3) is 0.600. The number of alkyl halides is 2. The summed E-state index contributed by atoms with van der Waals surface area (Å²) in [6.07, 6.45) is -2.29. The maximum absolute atomic E-state index is 11.6. The summed E-state index contributed by atoms with van der Waals surface area (Å²) in [5, 5.41) is -0.508. The molecule has 0 saturated heterocycles. The monoisotopic (exact) mass is 174 g/mol. The Morgan fingerprint density at radius 2 is 1.89 bits per heavy atom. The molecule has 0 fully saturated rings. The van der Waals surface area contributed by atoms with E-state index in [4.69, 9.17) is 23.2 Å². The van der Waals surface area contributed by atoms with Crippen LogP contribution in [0.4, 0.5) is 8.78 Å². The molecule has 54 valence electrons. The van der Waals surface area contributed by atoms with Gasteiger partial charge < -0.3 is 0 Å². The summed E-state index contributed by atoms with van der Waals surface area (Å²) in [7, 11) is 0. The maximum atomic E-state index is 11.6. The topological polar surface area (TPSA) is 0 Å². The SMILES string of the molecule is CCC(Cl)=C(Cl)C(F)F. The molecule has 0 aromatic carbocycles. The third-order valence-corrected chi connectivity index (χ3v) is 1.72. The molecular formula is C5H6Cl2F2. The largest absolute Gasteiger partial charge is 0.275 e. The van der Waals surface area contributed by atoms with Gasteiger partial charge in [-0.2, -0.15) is 0 Å². The number of halogens is 4. The van der Waals surface area contributed by atoms with Crippen molar-refractivity contribution in [2.24, 2.45) is 0 Å². The first-order valence-corrected chi connectivity index (χ1v) is 3.17. The second-order valence-electron chi connectivity index (χ2n) is 1.41. The zero-order chi connectivity index (χ0) is 7.44. The lowest BCUT2D eigenvalue weighted by atomic mass is 10.4. The van der Waals surface area contributed by atoms with E-state index in [0.29, 0.717) is 6.42 Å². The Bertz CT molecular complexity index is 120. The number of allylic oxidation sites excluding steroid dienone is 2. The van der Waals surface area contributed by atoms with Gasteiger partial charge in [-0.3, -0.25) is 0 Å². The minimum absolute atomic E-state index is 0.0340. The molecular weight excluding hydrogens is 169 g/mol. The fourth-order valence-corrected chi connectivity index (χ4v) is 0.503. The minimum atomic E-state index is -2.64. The van der Waals surface area contributed by atoms with Gasteiger partial charge in [-0.25, -0.2) is 8.78 Å². The van der Waals surface area contributed by atoms with Crippen LogP contribution in [0.15, 0.2) is 10.1 Å². The molecule has 0 N–H and O–H groups in total.